The third-order valence-corrected chi connectivity index (χ3v) is 2.04. The van der Waals surface area contributed by atoms with E-state index in [1.54, 1.807) is 0 Å². The molecule has 0 aliphatic rings. The lowest BCUT2D eigenvalue weighted by atomic mass is 10.0. The highest BCUT2D eigenvalue weighted by Gasteiger charge is 2.66. The summed E-state index contributed by atoms with van der Waals surface area (Å²) >= 11 is 8.49. The standard InChI is InChI=1S/C5H6Cl2F4O2/c6-4(8,9)3(13,1-2-12)5(7,10)11/h12-13H,1-2H2. The fourth-order valence-corrected chi connectivity index (χ4v) is 1.08. The van der Waals surface area contributed by atoms with E-state index in [1.807, 2.05) is 0 Å². The van der Waals surface area contributed by atoms with Crippen molar-refractivity contribution >= 4 is 23.2 Å². The Labute approximate surface area is 81.1 Å². The molecule has 0 heterocycles. The molecule has 0 saturated heterocycles. The van der Waals surface area contributed by atoms with Gasteiger partial charge in [0.1, 0.15) is 0 Å². The fraction of sp³-hybridized carbons (Fsp3) is 1.00. The first-order valence-corrected chi connectivity index (χ1v) is 3.78. The van der Waals surface area contributed by atoms with Crippen LogP contribution in [0.25, 0.3) is 0 Å². The van der Waals surface area contributed by atoms with Crippen LogP contribution in [0, 0.1) is 0 Å². The van der Waals surface area contributed by atoms with E-state index in [0.29, 0.717) is 0 Å². The molecule has 0 aromatic rings. The Kier molecular flexibility index (Phi) is 3.83. The molecule has 0 rings (SSSR count). The molecular weight excluding hydrogens is 239 g/mol. The molecule has 0 fully saturated rings. The van der Waals surface area contributed by atoms with Crippen LogP contribution in [0.15, 0.2) is 0 Å². The van der Waals surface area contributed by atoms with E-state index in [-0.39, 0.29) is 0 Å². The summed E-state index contributed by atoms with van der Waals surface area (Å²) in [5, 5.41) is 7.70. The first-order valence-electron chi connectivity index (χ1n) is 3.03. The molecule has 13 heavy (non-hydrogen) atoms. The number of hydrogen-bond donors (Lipinski definition) is 2. The quantitative estimate of drug-likeness (QED) is 0.585. The van der Waals surface area contributed by atoms with E-state index in [0.717, 1.165) is 0 Å². The lowest BCUT2D eigenvalue weighted by Crippen LogP contribution is -2.56. The zero-order chi connectivity index (χ0) is 10.9. The normalized spacial score (nSPS) is 14.8. The van der Waals surface area contributed by atoms with Crippen LogP contribution in [0.1, 0.15) is 6.42 Å². The predicted molar refractivity (Wildman–Crippen MR) is 38.3 cm³/mol. The maximum absolute atomic E-state index is 12.3. The van der Waals surface area contributed by atoms with Crippen molar-refractivity contribution in [2.75, 3.05) is 6.61 Å². The van der Waals surface area contributed by atoms with E-state index >= 15 is 0 Å². The summed E-state index contributed by atoms with van der Waals surface area (Å²) < 4.78 is 49.2. The molecule has 0 atom stereocenters. The Morgan fingerprint density at radius 2 is 1.31 bits per heavy atom. The molecule has 0 radical (unpaired) electrons. The summed E-state index contributed by atoms with van der Waals surface area (Å²) in [6.07, 6.45) is -1.33. The van der Waals surface area contributed by atoms with Gasteiger partial charge in [-0.3, -0.25) is 0 Å². The van der Waals surface area contributed by atoms with Gasteiger partial charge in [-0.2, -0.15) is 17.6 Å². The van der Waals surface area contributed by atoms with E-state index < -0.39 is 29.4 Å². The third kappa shape index (κ3) is 2.59. The highest BCUT2D eigenvalue weighted by atomic mass is 35.5. The fourth-order valence-electron chi connectivity index (χ4n) is 0.606. The summed E-state index contributed by atoms with van der Waals surface area (Å²) in [6, 6.07) is 0. The van der Waals surface area contributed by atoms with Gasteiger partial charge in [0.2, 0.25) is 5.60 Å². The van der Waals surface area contributed by atoms with Gasteiger partial charge in [-0.05, 0) is 23.2 Å². The molecule has 8 heteroatoms. The van der Waals surface area contributed by atoms with Gasteiger partial charge in [0.05, 0.1) is 0 Å². The van der Waals surface area contributed by atoms with Gasteiger partial charge >= 0.3 is 10.8 Å². The average Bonchev–Trinajstić information content (AvgIpc) is 1.82. The Morgan fingerprint density at radius 1 is 1.00 bits per heavy atom. The number of alkyl halides is 6. The monoisotopic (exact) mass is 244 g/mol. The number of rotatable bonds is 4. The van der Waals surface area contributed by atoms with Gasteiger partial charge in [-0.25, -0.2) is 0 Å². The van der Waals surface area contributed by atoms with E-state index in [9.17, 15) is 17.6 Å². The average molecular weight is 245 g/mol. The van der Waals surface area contributed by atoms with Crippen LogP contribution in [0.3, 0.4) is 0 Å². The molecule has 0 spiro atoms. The first kappa shape index (κ1) is 13.2. The van der Waals surface area contributed by atoms with Crippen molar-refractivity contribution in [1.29, 1.82) is 0 Å². The number of hydrogen-bond acceptors (Lipinski definition) is 2. The van der Waals surface area contributed by atoms with E-state index in [2.05, 4.69) is 23.2 Å². The predicted octanol–water partition coefficient (Wildman–Crippen LogP) is 1.76. The summed E-state index contributed by atoms with van der Waals surface area (Å²) in [5.74, 6) is 0. The second kappa shape index (κ2) is 3.76. The molecule has 0 aromatic heterocycles. The zero-order valence-electron chi connectivity index (χ0n) is 6.08. The summed E-state index contributed by atoms with van der Waals surface area (Å²) in [4.78, 5) is 0. The molecule has 0 bridgehead atoms. The molecule has 2 nitrogen and oxygen atoms in total. The Balaban J connectivity index is 4.96. The smallest absolute Gasteiger partial charge is 0.357 e. The maximum atomic E-state index is 12.3. The van der Waals surface area contributed by atoms with Crippen molar-refractivity contribution in [2.45, 2.75) is 22.8 Å². The van der Waals surface area contributed by atoms with E-state index in [1.165, 1.54) is 0 Å². The zero-order valence-corrected chi connectivity index (χ0v) is 7.59. The van der Waals surface area contributed by atoms with Crippen LogP contribution in [-0.4, -0.2) is 33.2 Å². The van der Waals surface area contributed by atoms with Crippen molar-refractivity contribution in [3.8, 4) is 0 Å². The Morgan fingerprint density at radius 3 is 1.38 bits per heavy atom. The topological polar surface area (TPSA) is 40.5 Å². The van der Waals surface area contributed by atoms with Crippen LogP contribution < -0.4 is 0 Å². The lowest BCUT2D eigenvalue weighted by Gasteiger charge is -2.34. The molecule has 0 amide bonds. The summed E-state index contributed by atoms with van der Waals surface area (Å²) in [6.45, 7) is -1.10. The molecule has 2 N–H and O–H groups in total. The van der Waals surface area contributed by atoms with Gasteiger partial charge in [0.15, 0.2) is 0 Å². The molecule has 0 saturated carbocycles. The Bertz CT molecular complexity index is 162. The first-order chi connectivity index (χ1) is 5.56. The lowest BCUT2D eigenvalue weighted by molar-refractivity contribution is -0.223. The molecule has 0 aliphatic carbocycles. The SMILES string of the molecule is OCCC(O)(C(F)(F)Cl)C(F)(F)Cl. The number of halogens is 6. The minimum atomic E-state index is -4.62. The van der Waals surface area contributed by atoms with Crippen molar-refractivity contribution in [3.05, 3.63) is 0 Å². The van der Waals surface area contributed by atoms with Crippen molar-refractivity contribution in [2.24, 2.45) is 0 Å². The summed E-state index contributed by atoms with van der Waals surface area (Å²) in [7, 11) is 0. The van der Waals surface area contributed by atoms with Crippen molar-refractivity contribution in [3.63, 3.8) is 0 Å². The van der Waals surface area contributed by atoms with Crippen LogP contribution in [0.2, 0.25) is 0 Å². The van der Waals surface area contributed by atoms with Gasteiger partial charge in [0.25, 0.3) is 0 Å². The molecule has 0 unspecified atom stereocenters. The van der Waals surface area contributed by atoms with Gasteiger partial charge < -0.3 is 10.2 Å². The number of aliphatic hydroxyl groups is 2. The second-order valence-electron chi connectivity index (χ2n) is 2.33. The van der Waals surface area contributed by atoms with Gasteiger partial charge in [0, 0.05) is 13.0 Å². The second-order valence-corrected chi connectivity index (χ2v) is 3.28. The van der Waals surface area contributed by atoms with E-state index in [4.69, 9.17) is 10.2 Å². The maximum Gasteiger partial charge on any atom is 0.357 e. The van der Waals surface area contributed by atoms with Crippen LogP contribution in [-0.2, 0) is 0 Å². The van der Waals surface area contributed by atoms with Crippen molar-refractivity contribution < 1.29 is 27.8 Å². The van der Waals surface area contributed by atoms with Crippen molar-refractivity contribution in [1.82, 2.24) is 0 Å². The number of aliphatic hydroxyl groups excluding tert-OH is 1. The molecule has 80 valence electrons. The minimum absolute atomic E-state index is 1.10. The molecule has 0 aromatic carbocycles. The van der Waals surface area contributed by atoms with Crippen LogP contribution in [0.4, 0.5) is 17.6 Å². The Hall–Kier alpha value is 0.220. The summed E-state index contributed by atoms with van der Waals surface area (Å²) in [5.41, 5.74) is -3.96. The largest absolute Gasteiger partial charge is 0.396 e. The minimum Gasteiger partial charge on any atom is -0.396 e. The van der Waals surface area contributed by atoms with Crippen LogP contribution >= 0.6 is 23.2 Å². The van der Waals surface area contributed by atoms with Gasteiger partial charge in [-0.15, -0.1) is 0 Å². The molecular formula is C5H6Cl2F4O2. The van der Waals surface area contributed by atoms with Gasteiger partial charge in [-0.1, -0.05) is 0 Å². The highest BCUT2D eigenvalue weighted by Crippen LogP contribution is 2.47. The van der Waals surface area contributed by atoms with Crippen LogP contribution in [0.5, 0.6) is 0 Å². The third-order valence-electron chi connectivity index (χ3n) is 1.41. The molecule has 0 aliphatic heterocycles. The highest BCUT2D eigenvalue weighted by molar-refractivity contribution is 6.26.